The lowest BCUT2D eigenvalue weighted by Crippen LogP contribution is -2.52. The first-order valence-electron chi connectivity index (χ1n) is 6.83. The van der Waals surface area contributed by atoms with Crippen LogP contribution in [0.25, 0.3) is 0 Å². The summed E-state index contributed by atoms with van der Waals surface area (Å²) in [5, 5.41) is 8.57. The predicted octanol–water partition coefficient (Wildman–Crippen LogP) is 1.38. The van der Waals surface area contributed by atoms with E-state index in [2.05, 4.69) is 10.9 Å². The molecular formula is C13H22N2O2. The van der Waals surface area contributed by atoms with E-state index in [4.69, 9.17) is 5.11 Å². The van der Waals surface area contributed by atoms with Gasteiger partial charge in [-0.15, -0.1) is 0 Å². The topological polar surface area (TPSA) is 61.4 Å². The summed E-state index contributed by atoms with van der Waals surface area (Å²) < 4.78 is 0. The maximum Gasteiger partial charge on any atom is 0.318 e. The molecular weight excluding hydrogens is 216 g/mol. The van der Waals surface area contributed by atoms with Gasteiger partial charge in [0.2, 0.25) is 0 Å². The van der Waals surface area contributed by atoms with Gasteiger partial charge in [-0.25, -0.2) is 5.43 Å². The minimum atomic E-state index is -0.803. The molecule has 17 heavy (non-hydrogen) atoms. The summed E-state index contributed by atoms with van der Waals surface area (Å²) >= 11 is 0. The van der Waals surface area contributed by atoms with Gasteiger partial charge in [-0.05, 0) is 61.7 Å². The molecule has 0 aromatic rings. The summed E-state index contributed by atoms with van der Waals surface area (Å²) in [5.74, 6) is 2.08. The Morgan fingerprint density at radius 1 is 1.06 bits per heavy atom. The van der Waals surface area contributed by atoms with Crippen molar-refractivity contribution < 1.29 is 9.90 Å². The van der Waals surface area contributed by atoms with Crippen LogP contribution in [-0.4, -0.2) is 24.2 Å². The van der Waals surface area contributed by atoms with Crippen LogP contribution in [0.1, 0.15) is 38.5 Å². The van der Waals surface area contributed by atoms with Crippen LogP contribution in [0.15, 0.2) is 0 Å². The third-order valence-electron chi connectivity index (χ3n) is 4.99. The fourth-order valence-corrected chi connectivity index (χ4v) is 4.89. The monoisotopic (exact) mass is 238 g/mol. The second kappa shape index (κ2) is 4.25. The molecule has 4 aliphatic rings. The molecule has 0 atom stereocenters. The molecule has 0 amide bonds. The van der Waals surface area contributed by atoms with Crippen molar-refractivity contribution in [3.05, 3.63) is 0 Å². The Kier molecular flexibility index (Phi) is 2.87. The number of hydrogen-bond donors (Lipinski definition) is 3. The number of rotatable bonds is 5. The second-order valence-electron chi connectivity index (χ2n) is 6.52. The van der Waals surface area contributed by atoms with Gasteiger partial charge in [0, 0.05) is 6.54 Å². The molecule has 0 saturated heterocycles. The van der Waals surface area contributed by atoms with Crippen molar-refractivity contribution in [3.8, 4) is 0 Å². The SMILES string of the molecule is O=C(O)CNNCC12CC3CC(CC(C3)C1)C2. The first-order valence-corrected chi connectivity index (χ1v) is 6.83. The molecule has 4 saturated carbocycles. The van der Waals surface area contributed by atoms with E-state index < -0.39 is 5.97 Å². The molecule has 3 N–H and O–H groups in total. The van der Waals surface area contributed by atoms with E-state index in [0.29, 0.717) is 5.41 Å². The number of hydrogen-bond acceptors (Lipinski definition) is 3. The molecule has 4 fully saturated rings. The van der Waals surface area contributed by atoms with Crippen LogP contribution in [-0.2, 0) is 4.79 Å². The fraction of sp³-hybridized carbons (Fsp3) is 0.923. The third-order valence-corrected chi connectivity index (χ3v) is 4.99. The van der Waals surface area contributed by atoms with E-state index in [1.807, 2.05) is 0 Å². The Hall–Kier alpha value is -0.610. The third kappa shape index (κ3) is 2.33. The average Bonchev–Trinajstić information content (AvgIpc) is 2.22. The molecule has 96 valence electrons. The molecule has 4 aliphatic carbocycles. The van der Waals surface area contributed by atoms with Crippen LogP contribution in [0.5, 0.6) is 0 Å². The van der Waals surface area contributed by atoms with Crippen molar-refractivity contribution in [2.24, 2.45) is 23.2 Å². The number of aliphatic carboxylic acids is 1. The van der Waals surface area contributed by atoms with Crippen molar-refractivity contribution in [1.82, 2.24) is 10.9 Å². The average molecular weight is 238 g/mol. The Bertz CT molecular complexity index is 281. The molecule has 0 radical (unpaired) electrons. The first kappa shape index (κ1) is 11.5. The number of carbonyl (C=O) groups is 1. The molecule has 0 aromatic heterocycles. The van der Waals surface area contributed by atoms with Crippen LogP contribution in [0, 0.1) is 23.2 Å². The maximum absolute atomic E-state index is 10.4. The van der Waals surface area contributed by atoms with Crippen LogP contribution < -0.4 is 10.9 Å². The smallest absolute Gasteiger partial charge is 0.318 e. The summed E-state index contributed by atoms with van der Waals surface area (Å²) in [6.07, 6.45) is 8.47. The molecule has 0 spiro atoms. The Morgan fingerprint density at radius 2 is 1.59 bits per heavy atom. The zero-order chi connectivity index (χ0) is 11.9. The fourth-order valence-electron chi connectivity index (χ4n) is 4.89. The van der Waals surface area contributed by atoms with Gasteiger partial charge in [0.25, 0.3) is 0 Å². The quantitative estimate of drug-likeness (QED) is 0.500. The molecule has 4 rings (SSSR count). The second-order valence-corrected chi connectivity index (χ2v) is 6.52. The first-order chi connectivity index (χ1) is 8.15. The molecule has 4 heteroatoms. The number of carboxylic acid groups (broad SMARTS) is 1. The van der Waals surface area contributed by atoms with Gasteiger partial charge in [-0.2, -0.15) is 0 Å². The largest absolute Gasteiger partial charge is 0.480 e. The van der Waals surface area contributed by atoms with Gasteiger partial charge in [0.05, 0.1) is 0 Å². The number of hydrazine groups is 1. The minimum Gasteiger partial charge on any atom is -0.480 e. The van der Waals surface area contributed by atoms with E-state index in [-0.39, 0.29) is 6.54 Å². The molecule has 0 aliphatic heterocycles. The summed E-state index contributed by atoms with van der Waals surface area (Å²) in [4.78, 5) is 10.4. The van der Waals surface area contributed by atoms with Gasteiger partial charge in [-0.1, -0.05) is 0 Å². The van der Waals surface area contributed by atoms with Crippen LogP contribution in [0.2, 0.25) is 0 Å². The molecule has 0 aromatic carbocycles. The molecule has 0 heterocycles. The van der Waals surface area contributed by atoms with Gasteiger partial charge in [0.1, 0.15) is 6.54 Å². The Balaban J connectivity index is 1.53. The van der Waals surface area contributed by atoms with E-state index in [1.54, 1.807) is 0 Å². The van der Waals surface area contributed by atoms with Gasteiger partial charge in [0.15, 0.2) is 0 Å². The van der Waals surface area contributed by atoms with Crippen molar-refractivity contribution in [1.29, 1.82) is 0 Å². The molecule has 4 bridgehead atoms. The molecule has 0 unspecified atom stereocenters. The highest BCUT2D eigenvalue weighted by atomic mass is 16.4. The standard InChI is InChI=1S/C13H22N2O2/c16-12(17)7-14-15-8-13-4-9-1-10(5-13)3-11(2-9)6-13/h9-11,14-15H,1-8H2,(H,16,17). The van der Waals surface area contributed by atoms with Crippen LogP contribution in [0.3, 0.4) is 0 Å². The van der Waals surface area contributed by atoms with Crippen molar-refractivity contribution in [2.75, 3.05) is 13.1 Å². The summed E-state index contributed by atoms with van der Waals surface area (Å²) in [6.45, 7) is 0.955. The van der Waals surface area contributed by atoms with Crippen molar-refractivity contribution >= 4 is 5.97 Å². The van der Waals surface area contributed by atoms with Gasteiger partial charge < -0.3 is 5.11 Å². The summed E-state index contributed by atoms with van der Waals surface area (Å²) in [6, 6.07) is 0. The highest BCUT2D eigenvalue weighted by molar-refractivity contribution is 5.68. The summed E-state index contributed by atoms with van der Waals surface area (Å²) in [5.41, 5.74) is 6.43. The number of carboxylic acids is 1. The zero-order valence-corrected chi connectivity index (χ0v) is 10.2. The minimum absolute atomic E-state index is 0.00632. The van der Waals surface area contributed by atoms with E-state index in [9.17, 15) is 4.79 Å². The van der Waals surface area contributed by atoms with E-state index >= 15 is 0 Å². The van der Waals surface area contributed by atoms with E-state index in [0.717, 1.165) is 24.3 Å². The van der Waals surface area contributed by atoms with Crippen LogP contribution in [0.4, 0.5) is 0 Å². The zero-order valence-electron chi connectivity index (χ0n) is 10.2. The van der Waals surface area contributed by atoms with Gasteiger partial charge >= 0.3 is 5.97 Å². The Labute approximate surface area is 102 Å². The predicted molar refractivity (Wildman–Crippen MR) is 64.2 cm³/mol. The van der Waals surface area contributed by atoms with Crippen molar-refractivity contribution in [3.63, 3.8) is 0 Å². The summed E-state index contributed by atoms with van der Waals surface area (Å²) in [7, 11) is 0. The van der Waals surface area contributed by atoms with Gasteiger partial charge in [-0.3, -0.25) is 10.2 Å². The Morgan fingerprint density at radius 3 is 2.06 bits per heavy atom. The lowest BCUT2D eigenvalue weighted by Gasteiger charge is -2.57. The van der Waals surface area contributed by atoms with Crippen LogP contribution >= 0.6 is 0 Å². The maximum atomic E-state index is 10.4. The lowest BCUT2D eigenvalue weighted by atomic mass is 9.49. The number of nitrogens with one attached hydrogen (secondary N) is 2. The molecule has 4 nitrogen and oxygen atoms in total. The van der Waals surface area contributed by atoms with Crippen molar-refractivity contribution in [2.45, 2.75) is 38.5 Å². The lowest BCUT2D eigenvalue weighted by molar-refractivity contribution is -0.136. The highest BCUT2D eigenvalue weighted by Crippen LogP contribution is 2.59. The normalized spacial score (nSPS) is 42.9. The highest BCUT2D eigenvalue weighted by Gasteiger charge is 2.50. The van der Waals surface area contributed by atoms with E-state index in [1.165, 1.54) is 38.5 Å².